The van der Waals surface area contributed by atoms with Crippen molar-refractivity contribution in [3.05, 3.63) is 47.1 Å². The van der Waals surface area contributed by atoms with Crippen molar-refractivity contribution >= 4 is 28.8 Å². The van der Waals surface area contributed by atoms with Crippen molar-refractivity contribution in [3.8, 4) is 0 Å². The zero-order valence-corrected chi connectivity index (χ0v) is 10.7. The number of ether oxygens (including phenoxy) is 1. The van der Waals surface area contributed by atoms with Crippen molar-refractivity contribution < 1.29 is 4.74 Å². The number of hydrogen-bond donors (Lipinski definition) is 2. The molecule has 1 aromatic heterocycles. The van der Waals surface area contributed by atoms with Gasteiger partial charge in [0.15, 0.2) is 5.82 Å². The minimum atomic E-state index is 0.403. The van der Waals surface area contributed by atoms with E-state index in [4.69, 9.17) is 22.1 Å². The van der Waals surface area contributed by atoms with Crippen LogP contribution in [0.5, 0.6) is 0 Å². The van der Waals surface area contributed by atoms with Gasteiger partial charge in [-0.1, -0.05) is 23.7 Å². The smallest absolute Gasteiger partial charge is 0.155 e. The van der Waals surface area contributed by atoms with Crippen LogP contribution in [0, 0.1) is 0 Å². The Balaban J connectivity index is 2.22. The summed E-state index contributed by atoms with van der Waals surface area (Å²) in [5.41, 5.74) is 8.34. The van der Waals surface area contributed by atoms with E-state index in [0.717, 1.165) is 11.3 Å². The summed E-state index contributed by atoms with van der Waals surface area (Å²) in [6.45, 7) is 0.563. The van der Waals surface area contributed by atoms with Crippen molar-refractivity contribution in [2.24, 2.45) is 0 Å². The highest BCUT2D eigenvalue weighted by Crippen LogP contribution is 2.23. The van der Waals surface area contributed by atoms with Crippen LogP contribution in [0.25, 0.3) is 0 Å². The highest BCUT2D eigenvalue weighted by molar-refractivity contribution is 6.29. The van der Waals surface area contributed by atoms with Crippen LogP contribution < -0.4 is 11.1 Å². The van der Waals surface area contributed by atoms with Gasteiger partial charge in [-0.3, -0.25) is 0 Å². The Morgan fingerprint density at radius 3 is 2.94 bits per heavy atom. The van der Waals surface area contributed by atoms with E-state index in [2.05, 4.69) is 10.3 Å². The number of nitrogens with two attached hydrogens (primary N) is 1. The third kappa shape index (κ3) is 3.12. The number of nitrogens with one attached hydrogen (secondary N) is 1. The molecule has 94 valence electrons. The minimum absolute atomic E-state index is 0.403. The van der Waals surface area contributed by atoms with Gasteiger partial charge < -0.3 is 15.8 Å². The standard InChI is InChI=1S/C13H14ClN3O/c1-18-8-9-3-2-4-10(7-9)16-13-11(15)5-6-12(14)17-13/h2-7H,8,15H2,1H3,(H,16,17). The molecule has 0 spiro atoms. The summed E-state index contributed by atoms with van der Waals surface area (Å²) in [6.07, 6.45) is 0. The monoisotopic (exact) mass is 263 g/mol. The van der Waals surface area contributed by atoms with Gasteiger partial charge in [0.25, 0.3) is 0 Å². The second-order valence-electron chi connectivity index (χ2n) is 3.83. The van der Waals surface area contributed by atoms with Gasteiger partial charge in [-0.2, -0.15) is 0 Å². The summed E-state index contributed by atoms with van der Waals surface area (Å²) in [5, 5.41) is 3.54. The average molecular weight is 264 g/mol. The van der Waals surface area contributed by atoms with E-state index >= 15 is 0 Å². The lowest BCUT2D eigenvalue weighted by molar-refractivity contribution is 0.185. The van der Waals surface area contributed by atoms with E-state index in [9.17, 15) is 0 Å². The fourth-order valence-electron chi connectivity index (χ4n) is 1.59. The Morgan fingerprint density at radius 2 is 2.17 bits per heavy atom. The summed E-state index contributed by atoms with van der Waals surface area (Å²) < 4.78 is 5.09. The fraction of sp³-hybridized carbons (Fsp3) is 0.154. The summed E-state index contributed by atoms with van der Waals surface area (Å²) in [5.74, 6) is 0.553. The summed E-state index contributed by atoms with van der Waals surface area (Å²) in [6, 6.07) is 11.2. The lowest BCUT2D eigenvalue weighted by Crippen LogP contribution is -1.99. The SMILES string of the molecule is COCc1cccc(Nc2nc(Cl)ccc2N)c1. The van der Waals surface area contributed by atoms with Gasteiger partial charge in [0.1, 0.15) is 5.15 Å². The lowest BCUT2D eigenvalue weighted by atomic mass is 10.2. The molecule has 1 aromatic carbocycles. The number of nitrogens with zero attached hydrogens (tertiary/aromatic N) is 1. The molecule has 0 bridgehead atoms. The molecule has 18 heavy (non-hydrogen) atoms. The Morgan fingerprint density at radius 1 is 1.33 bits per heavy atom. The van der Waals surface area contributed by atoms with Gasteiger partial charge in [0.05, 0.1) is 12.3 Å². The molecular weight excluding hydrogens is 250 g/mol. The number of pyridine rings is 1. The van der Waals surface area contributed by atoms with Crippen LogP contribution >= 0.6 is 11.6 Å². The van der Waals surface area contributed by atoms with E-state index in [1.807, 2.05) is 24.3 Å². The van der Waals surface area contributed by atoms with Crippen LogP contribution in [-0.2, 0) is 11.3 Å². The van der Waals surface area contributed by atoms with Crippen molar-refractivity contribution in [1.29, 1.82) is 0 Å². The van der Waals surface area contributed by atoms with E-state index < -0.39 is 0 Å². The minimum Gasteiger partial charge on any atom is -0.396 e. The molecule has 5 heteroatoms. The molecule has 0 unspecified atom stereocenters. The zero-order chi connectivity index (χ0) is 13.0. The Labute approximate surface area is 111 Å². The van der Waals surface area contributed by atoms with Crippen LogP contribution in [0.3, 0.4) is 0 Å². The first-order valence-corrected chi connectivity index (χ1v) is 5.84. The maximum Gasteiger partial charge on any atom is 0.155 e. The van der Waals surface area contributed by atoms with Crippen molar-refractivity contribution in [3.63, 3.8) is 0 Å². The molecule has 0 aliphatic carbocycles. The normalized spacial score (nSPS) is 10.3. The summed E-state index contributed by atoms with van der Waals surface area (Å²) >= 11 is 5.84. The second kappa shape index (κ2) is 5.71. The van der Waals surface area contributed by atoms with Gasteiger partial charge in [0.2, 0.25) is 0 Å². The third-order valence-electron chi connectivity index (χ3n) is 2.39. The Hall–Kier alpha value is -1.78. The van der Waals surface area contributed by atoms with Crippen LogP contribution in [0.2, 0.25) is 5.15 Å². The van der Waals surface area contributed by atoms with Crippen LogP contribution in [0.4, 0.5) is 17.2 Å². The number of rotatable bonds is 4. The Kier molecular flexibility index (Phi) is 4.02. The van der Waals surface area contributed by atoms with Gasteiger partial charge in [-0.15, -0.1) is 0 Å². The molecule has 0 saturated heterocycles. The van der Waals surface area contributed by atoms with Crippen molar-refractivity contribution in [1.82, 2.24) is 4.98 Å². The number of aromatic nitrogens is 1. The molecule has 1 heterocycles. The highest BCUT2D eigenvalue weighted by atomic mass is 35.5. The topological polar surface area (TPSA) is 60.2 Å². The highest BCUT2D eigenvalue weighted by Gasteiger charge is 2.03. The van der Waals surface area contributed by atoms with Crippen LogP contribution in [0.15, 0.2) is 36.4 Å². The van der Waals surface area contributed by atoms with E-state index in [0.29, 0.717) is 23.3 Å². The number of nitrogen functional groups attached to an aromatic ring is 1. The molecule has 0 fully saturated rings. The largest absolute Gasteiger partial charge is 0.396 e. The van der Waals surface area contributed by atoms with E-state index in [1.54, 1.807) is 19.2 Å². The first kappa shape index (κ1) is 12.7. The predicted octanol–water partition coefficient (Wildman–Crippen LogP) is 3.21. The molecule has 3 N–H and O–H groups in total. The van der Waals surface area contributed by atoms with E-state index in [-0.39, 0.29) is 0 Å². The molecule has 2 aromatic rings. The van der Waals surface area contributed by atoms with Crippen LogP contribution in [-0.4, -0.2) is 12.1 Å². The van der Waals surface area contributed by atoms with Gasteiger partial charge in [-0.05, 0) is 29.8 Å². The van der Waals surface area contributed by atoms with Crippen LogP contribution in [0.1, 0.15) is 5.56 Å². The molecular formula is C13H14ClN3O. The second-order valence-corrected chi connectivity index (χ2v) is 4.22. The number of anilines is 3. The number of methoxy groups -OCH3 is 1. The fourth-order valence-corrected chi connectivity index (χ4v) is 1.74. The number of benzene rings is 1. The third-order valence-corrected chi connectivity index (χ3v) is 2.60. The lowest BCUT2D eigenvalue weighted by Gasteiger charge is -2.09. The van der Waals surface area contributed by atoms with Gasteiger partial charge in [0, 0.05) is 12.8 Å². The molecule has 0 radical (unpaired) electrons. The zero-order valence-electron chi connectivity index (χ0n) is 9.98. The summed E-state index contributed by atoms with van der Waals surface area (Å²) in [7, 11) is 1.66. The van der Waals surface area contributed by atoms with Crippen molar-refractivity contribution in [2.45, 2.75) is 6.61 Å². The Bertz CT molecular complexity index is 546. The maximum absolute atomic E-state index is 5.84. The maximum atomic E-state index is 5.84. The van der Waals surface area contributed by atoms with Crippen molar-refractivity contribution in [2.75, 3.05) is 18.2 Å². The molecule has 0 aliphatic heterocycles. The van der Waals surface area contributed by atoms with Gasteiger partial charge >= 0.3 is 0 Å². The number of halogens is 1. The molecule has 4 nitrogen and oxygen atoms in total. The van der Waals surface area contributed by atoms with Gasteiger partial charge in [-0.25, -0.2) is 4.98 Å². The molecule has 0 amide bonds. The summed E-state index contributed by atoms with van der Waals surface area (Å²) in [4.78, 5) is 4.14. The molecule has 0 atom stereocenters. The molecule has 0 aliphatic rings. The molecule has 0 saturated carbocycles. The quantitative estimate of drug-likeness (QED) is 0.832. The average Bonchev–Trinajstić information content (AvgIpc) is 2.35. The number of hydrogen-bond acceptors (Lipinski definition) is 4. The first-order valence-electron chi connectivity index (χ1n) is 5.46. The van der Waals surface area contributed by atoms with E-state index in [1.165, 1.54) is 0 Å². The predicted molar refractivity (Wildman–Crippen MR) is 74.1 cm³/mol. The molecule has 2 rings (SSSR count). The first-order chi connectivity index (χ1) is 8.69.